The first-order valence-corrected chi connectivity index (χ1v) is 5.71. The minimum absolute atomic E-state index is 0.0677. The molecule has 18 heavy (non-hydrogen) atoms. The molecule has 0 saturated carbocycles. The summed E-state index contributed by atoms with van der Waals surface area (Å²) in [4.78, 5) is 22.1. The van der Waals surface area contributed by atoms with Gasteiger partial charge in [-0.05, 0) is 18.6 Å². The zero-order valence-corrected chi connectivity index (χ0v) is 10.5. The molecule has 0 aliphatic carbocycles. The Labute approximate surface area is 105 Å². The van der Waals surface area contributed by atoms with Crippen LogP contribution in [0.3, 0.4) is 0 Å². The molecule has 6 nitrogen and oxygen atoms in total. The van der Waals surface area contributed by atoms with Gasteiger partial charge in [0, 0.05) is 25.4 Å². The number of rotatable bonds is 6. The number of carbonyl (C=O) groups is 2. The molecule has 0 radical (unpaired) electrons. The topological polar surface area (TPSA) is 84.2 Å². The summed E-state index contributed by atoms with van der Waals surface area (Å²) in [5, 5.41) is 15.3. The number of amides is 1. The van der Waals surface area contributed by atoms with E-state index in [1.54, 1.807) is 30.1 Å². The van der Waals surface area contributed by atoms with Crippen LogP contribution in [0.5, 0.6) is 0 Å². The zero-order chi connectivity index (χ0) is 13.5. The molecular formula is C12H17N3O3. The van der Waals surface area contributed by atoms with E-state index in [2.05, 4.69) is 10.4 Å². The lowest BCUT2D eigenvalue weighted by molar-refractivity contribution is -0.137. The van der Waals surface area contributed by atoms with E-state index in [-0.39, 0.29) is 18.4 Å². The van der Waals surface area contributed by atoms with Gasteiger partial charge in [-0.1, -0.05) is 6.92 Å². The number of carboxylic acids is 1. The molecule has 0 bridgehead atoms. The van der Waals surface area contributed by atoms with Crippen molar-refractivity contribution in [3.8, 4) is 0 Å². The van der Waals surface area contributed by atoms with Gasteiger partial charge in [0.05, 0.1) is 12.1 Å². The van der Waals surface area contributed by atoms with E-state index >= 15 is 0 Å². The van der Waals surface area contributed by atoms with Gasteiger partial charge in [0.1, 0.15) is 0 Å². The Bertz CT molecular complexity index is 451. The second kappa shape index (κ2) is 6.58. The van der Waals surface area contributed by atoms with E-state index in [1.165, 1.54) is 6.08 Å². The van der Waals surface area contributed by atoms with Crippen LogP contribution in [0.1, 0.15) is 25.5 Å². The number of hydrogen-bond donors (Lipinski definition) is 2. The summed E-state index contributed by atoms with van der Waals surface area (Å²) in [6.07, 6.45) is 5.16. The van der Waals surface area contributed by atoms with Crippen LogP contribution in [0.25, 0.3) is 6.08 Å². The third-order valence-corrected chi connectivity index (χ3v) is 2.52. The van der Waals surface area contributed by atoms with Crippen molar-refractivity contribution in [2.24, 2.45) is 7.05 Å². The van der Waals surface area contributed by atoms with Gasteiger partial charge in [0.2, 0.25) is 5.91 Å². The Balaban J connectivity index is 2.53. The van der Waals surface area contributed by atoms with E-state index in [0.29, 0.717) is 6.42 Å². The second-order valence-electron chi connectivity index (χ2n) is 3.92. The summed E-state index contributed by atoms with van der Waals surface area (Å²) in [5.41, 5.74) is 0.802. The highest BCUT2D eigenvalue weighted by Crippen LogP contribution is 2.01. The van der Waals surface area contributed by atoms with Gasteiger partial charge in [-0.25, -0.2) is 0 Å². The lowest BCUT2D eigenvalue weighted by atomic mass is 10.1. The van der Waals surface area contributed by atoms with Crippen molar-refractivity contribution in [1.29, 1.82) is 0 Å². The Kier molecular flexibility index (Phi) is 5.10. The predicted molar refractivity (Wildman–Crippen MR) is 66.7 cm³/mol. The Morgan fingerprint density at radius 3 is 2.83 bits per heavy atom. The molecule has 0 spiro atoms. The van der Waals surface area contributed by atoms with Crippen LogP contribution in [-0.4, -0.2) is 32.8 Å². The third kappa shape index (κ3) is 4.40. The van der Waals surface area contributed by atoms with Gasteiger partial charge in [-0.2, -0.15) is 5.10 Å². The average Bonchev–Trinajstić information content (AvgIpc) is 2.70. The van der Waals surface area contributed by atoms with Crippen LogP contribution in [0.4, 0.5) is 0 Å². The molecule has 0 aliphatic rings. The lowest BCUT2D eigenvalue weighted by Crippen LogP contribution is -2.34. The van der Waals surface area contributed by atoms with Crippen LogP contribution in [0.2, 0.25) is 0 Å². The van der Waals surface area contributed by atoms with Gasteiger partial charge >= 0.3 is 5.97 Å². The van der Waals surface area contributed by atoms with Crippen molar-refractivity contribution in [3.05, 3.63) is 24.0 Å². The predicted octanol–water partition coefficient (Wildman–Crippen LogP) is 0.803. The summed E-state index contributed by atoms with van der Waals surface area (Å²) >= 11 is 0. The first kappa shape index (κ1) is 14.0. The van der Waals surface area contributed by atoms with E-state index in [0.717, 1.165) is 5.69 Å². The highest BCUT2D eigenvalue weighted by Gasteiger charge is 2.12. The van der Waals surface area contributed by atoms with Crippen molar-refractivity contribution < 1.29 is 14.7 Å². The molecule has 1 heterocycles. The standard InChI is InChI=1S/C12H17N3O3/c1-3-9(8-12(17)18)14-11(16)5-4-10-6-7-13-15(10)2/h4-7,9H,3,8H2,1-2H3,(H,14,16)(H,17,18)/b5-4+. The smallest absolute Gasteiger partial charge is 0.305 e. The minimum Gasteiger partial charge on any atom is -0.481 e. The first-order chi connectivity index (χ1) is 8.52. The fraction of sp³-hybridized carbons (Fsp3) is 0.417. The van der Waals surface area contributed by atoms with Gasteiger partial charge in [-0.15, -0.1) is 0 Å². The molecule has 0 aromatic carbocycles. The fourth-order valence-corrected chi connectivity index (χ4v) is 1.47. The number of nitrogens with zero attached hydrogens (tertiary/aromatic N) is 2. The molecule has 1 amide bonds. The van der Waals surface area contributed by atoms with Gasteiger partial charge in [0.25, 0.3) is 0 Å². The summed E-state index contributed by atoms with van der Waals surface area (Å²) in [6.45, 7) is 1.83. The van der Waals surface area contributed by atoms with Crippen molar-refractivity contribution in [1.82, 2.24) is 15.1 Å². The van der Waals surface area contributed by atoms with Crippen LogP contribution >= 0.6 is 0 Å². The third-order valence-electron chi connectivity index (χ3n) is 2.52. The first-order valence-electron chi connectivity index (χ1n) is 5.71. The number of carboxylic acid groups (broad SMARTS) is 1. The van der Waals surface area contributed by atoms with Crippen LogP contribution in [0, 0.1) is 0 Å². The minimum atomic E-state index is -0.919. The molecule has 1 unspecified atom stereocenters. The van der Waals surface area contributed by atoms with Crippen LogP contribution < -0.4 is 5.32 Å². The molecular weight excluding hydrogens is 234 g/mol. The molecule has 6 heteroatoms. The molecule has 0 aliphatic heterocycles. The molecule has 1 aromatic rings. The maximum absolute atomic E-state index is 11.6. The maximum Gasteiger partial charge on any atom is 0.305 e. The Hall–Kier alpha value is -2.11. The largest absolute Gasteiger partial charge is 0.481 e. The monoisotopic (exact) mass is 251 g/mol. The number of hydrogen-bond acceptors (Lipinski definition) is 3. The van der Waals surface area contributed by atoms with Crippen LogP contribution in [0.15, 0.2) is 18.3 Å². The van der Waals surface area contributed by atoms with E-state index in [9.17, 15) is 9.59 Å². The fourth-order valence-electron chi connectivity index (χ4n) is 1.47. The van der Waals surface area contributed by atoms with Crippen molar-refractivity contribution >= 4 is 18.0 Å². The van der Waals surface area contributed by atoms with Crippen molar-refractivity contribution in [2.45, 2.75) is 25.8 Å². The summed E-state index contributed by atoms with van der Waals surface area (Å²) < 4.78 is 1.64. The molecule has 0 fully saturated rings. The van der Waals surface area contributed by atoms with Crippen molar-refractivity contribution in [3.63, 3.8) is 0 Å². The van der Waals surface area contributed by atoms with E-state index < -0.39 is 5.97 Å². The van der Waals surface area contributed by atoms with Gasteiger partial charge in [0.15, 0.2) is 0 Å². The molecule has 0 saturated heterocycles. The molecule has 1 aromatic heterocycles. The van der Waals surface area contributed by atoms with Gasteiger partial charge in [-0.3, -0.25) is 14.3 Å². The van der Waals surface area contributed by atoms with Crippen molar-refractivity contribution in [2.75, 3.05) is 0 Å². The number of aliphatic carboxylic acids is 1. The zero-order valence-electron chi connectivity index (χ0n) is 10.5. The quantitative estimate of drug-likeness (QED) is 0.732. The molecule has 98 valence electrons. The number of aromatic nitrogens is 2. The van der Waals surface area contributed by atoms with E-state index in [4.69, 9.17) is 5.11 Å². The Morgan fingerprint density at radius 2 is 2.33 bits per heavy atom. The second-order valence-corrected chi connectivity index (χ2v) is 3.92. The number of nitrogens with one attached hydrogen (secondary N) is 1. The van der Waals surface area contributed by atoms with Crippen LogP contribution in [-0.2, 0) is 16.6 Å². The molecule has 1 atom stereocenters. The number of carbonyl (C=O) groups excluding carboxylic acids is 1. The Morgan fingerprint density at radius 1 is 1.61 bits per heavy atom. The molecule has 2 N–H and O–H groups in total. The summed E-state index contributed by atoms with van der Waals surface area (Å²) in [5.74, 6) is -1.22. The molecule has 1 rings (SSSR count). The highest BCUT2D eigenvalue weighted by molar-refractivity contribution is 5.91. The average molecular weight is 251 g/mol. The van der Waals surface area contributed by atoms with E-state index in [1.807, 2.05) is 6.92 Å². The van der Waals surface area contributed by atoms with Gasteiger partial charge < -0.3 is 10.4 Å². The lowest BCUT2D eigenvalue weighted by Gasteiger charge is -2.12. The maximum atomic E-state index is 11.6. The summed E-state index contributed by atoms with van der Waals surface area (Å²) in [6, 6.07) is 1.43. The normalized spacial score (nSPS) is 12.6. The SMILES string of the molecule is CCC(CC(=O)O)NC(=O)/C=C/c1ccnn1C. The summed E-state index contributed by atoms with van der Waals surface area (Å²) in [7, 11) is 1.77. The number of aryl methyl sites for hydroxylation is 1. The highest BCUT2D eigenvalue weighted by atomic mass is 16.4.